The highest BCUT2D eigenvalue weighted by Gasteiger charge is 2.11. The molecule has 1 heterocycles. The zero-order valence-electron chi connectivity index (χ0n) is 12.2. The quantitative estimate of drug-likeness (QED) is 0.619. The first kappa shape index (κ1) is 15.6. The van der Waals surface area contributed by atoms with Crippen LogP contribution in [0.2, 0.25) is 0 Å². The van der Waals surface area contributed by atoms with Gasteiger partial charge in [0.05, 0.1) is 11.7 Å². The molecule has 1 unspecified atom stereocenters. The minimum Gasteiger partial charge on any atom is -0.269 e. The van der Waals surface area contributed by atoms with Gasteiger partial charge in [0.2, 0.25) is 0 Å². The first-order chi connectivity index (χ1) is 8.58. The smallest absolute Gasteiger partial charge is 0.0624 e. The average molecular weight is 271 g/mol. The van der Waals surface area contributed by atoms with Crippen LogP contribution in [-0.4, -0.2) is 15.2 Å². The van der Waals surface area contributed by atoms with Crippen molar-refractivity contribution in [2.75, 3.05) is 0 Å². The predicted molar refractivity (Wildman–Crippen MR) is 79.3 cm³/mol. The number of rotatable bonds is 8. The molecule has 1 aromatic heterocycles. The summed E-state index contributed by atoms with van der Waals surface area (Å²) in [6.07, 6.45) is 7.67. The third kappa shape index (κ3) is 4.64. The van der Waals surface area contributed by atoms with Crippen molar-refractivity contribution in [2.45, 2.75) is 71.2 Å². The van der Waals surface area contributed by atoms with E-state index in [9.17, 15) is 0 Å². The molecule has 3 heteroatoms. The van der Waals surface area contributed by atoms with Crippen molar-refractivity contribution in [3.8, 4) is 0 Å². The fourth-order valence-electron chi connectivity index (χ4n) is 2.19. The minimum absolute atomic E-state index is 0.297. The molecule has 0 amide bonds. The maximum absolute atomic E-state index is 6.26. The van der Waals surface area contributed by atoms with Gasteiger partial charge >= 0.3 is 0 Å². The van der Waals surface area contributed by atoms with Gasteiger partial charge < -0.3 is 0 Å². The summed E-state index contributed by atoms with van der Waals surface area (Å²) >= 11 is 6.26. The van der Waals surface area contributed by atoms with Crippen LogP contribution in [0.25, 0.3) is 0 Å². The van der Waals surface area contributed by atoms with E-state index in [2.05, 4.69) is 49.7 Å². The summed E-state index contributed by atoms with van der Waals surface area (Å²) < 4.78 is 2.12. The molecule has 0 spiro atoms. The maximum Gasteiger partial charge on any atom is 0.0624 e. The van der Waals surface area contributed by atoms with Crippen molar-refractivity contribution in [3.05, 3.63) is 18.0 Å². The Kier molecular flexibility index (Phi) is 6.77. The number of alkyl halides is 1. The van der Waals surface area contributed by atoms with Crippen LogP contribution in [0.1, 0.15) is 65.1 Å². The predicted octanol–water partition coefficient (Wildman–Crippen LogP) is 4.83. The van der Waals surface area contributed by atoms with Crippen LogP contribution in [0.4, 0.5) is 0 Å². The fourth-order valence-corrected chi connectivity index (χ4v) is 2.34. The van der Waals surface area contributed by atoms with Crippen LogP contribution < -0.4 is 0 Å². The van der Waals surface area contributed by atoms with E-state index in [1.54, 1.807) is 0 Å². The lowest BCUT2D eigenvalue weighted by atomic mass is 10.0. The Morgan fingerprint density at radius 3 is 2.50 bits per heavy atom. The minimum atomic E-state index is 0.297. The first-order valence-corrected chi connectivity index (χ1v) is 7.70. The molecule has 0 aliphatic heterocycles. The number of hydrogen-bond donors (Lipinski definition) is 0. The van der Waals surface area contributed by atoms with E-state index in [0.29, 0.717) is 17.3 Å². The van der Waals surface area contributed by atoms with Crippen molar-refractivity contribution in [2.24, 2.45) is 5.92 Å². The van der Waals surface area contributed by atoms with Crippen LogP contribution in [0, 0.1) is 5.92 Å². The topological polar surface area (TPSA) is 17.8 Å². The summed E-state index contributed by atoms with van der Waals surface area (Å²) in [5.74, 6) is 0.564. The molecular formula is C15H27ClN2. The van der Waals surface area contributed by atoms with Gasteiger partial charge in [-0.2, -0.15) is 5.10 Å². The monoisotopic (exact) mass is 270 g/mol. The number of aryl methyl sites for hydroxylation is 1. The highest BCUT2D eigenvalue weighted by atomic mass is 35.5. The zero-order chi connectivity index (χ0) is 13.5. The standard InChI is InChI=1S/C15H27ClN2/c1-5-14(6-2)18-11-10-13(17-18)8-7-9-15(16)12(3)4/h10-12,14-15H,5-9H2,1-4H3. The Morgan fingerprint density at radius 2 is 1.94 bits per heavy atom. The molecule has 0 bridgehead atoms. The van der Waals surface area contributed by atoms with Crippen LogP contribution in [0.3, 0.4) is 0 Å². The Balaban J connectivity index is 2.40. The molecule has 0 aliphatic carbocycles. The lowest BCUT2D eigenvalue weighted by Gasteiger charge is -2.13. The molecule has 0 N–H and O–H groups in total. The lowest BCUT2D eigenvalue weighted by Crippen LogP contribution is -2.09. The van der Waals surface area contributed by atoms with E-state index in [1.165, 1.54) is 5.69 Å². The van der Waals surface area contributed by atoms with Crippen LogP contribution in [0.5, 0.6) is 0 Å². The molecule has 1 atom stereocenters. The Morgan fingerprint density at radius 1 is 1.28 bits per heavy atom. The summed E-state index contributed by atoms with van der Waals surface area (Å²) in [7, 11) is 0. The highest BCUT2D eigenvalue weighted by molar-refractivity contribution is 6.20. The third-order valence-corrected chi connectivity index (χ3v) is 4.34. The molecule has 1 rings (SSSR count). The van der Waals surface area contributed by atoms with E-state index >= 15 is 0 Å². The zero-order valence-corrected chi connectivity index (χ0v) is 13.0. The molecule has 0 saturated heterocycles. The summed E-state index contributed by atoms with van der Waals surface area (Å²) in [5, 5.41) is 4.96. The van der Waals surface area contributed by atoms with Crippen molar-refractivity contribution in [1.82, 2.24) is 9.78 Å². The second kappa shape index (κ2) is 7.83. The number of halogens is 1. The molecule has 1 aromatic rings. The summed E-state index contributed by atoms with van der Waals surface area (Å²) in [5.41, 5.74) is 1.20. The van der Waals surface area contributed by atoms with E-state index in [-0.39, 0.29) is 0 Å². The van der Waals surface area contributed by atoms with Gasteiger partial charge in [0.1, 0.15) is 0 Å². The summed E-state index contributed by atoms with van der Waals surface area (Å²) in [6.45, 7) is 8.80. The van der Waals surface area contributed by atoms with Gasteiger partial charge in [0, 0.05) is 11.6 Å². The largest absolute Gasteiger partial charge is 0.269 e. The molecule has 18 heavy (non-hydrogen) atoms. The van der Waals surface area contributed by atoms with E-state index < -0.39 is 0 Å². The normalized spacial score (nSPS) is 13.5. The van der Waals surface area contributed by atoms with E-state index in [0.717, 1.165) is 32.1 Å². The highest BCUT2D eigenvalue weighted by Crippen LogP contribution is 2.18. The molecule has 0 aromatic carbocycles. The molecule has 0 fully saturated rings. The van der Waals surface area contributed by atoms with E-state index in [4.69, 9.17) is 11.6 Å². The number of aromatic nitrogens is 2. The van der Waals surface area contributed by atoms with Crippen molar-refractivity contribution >= 4 is 11.6 Å². The molecular weight excluding hydrogens is 244 g/mol. The van der Waals surface area contributed by atoms with E-state index in [1.807, 2.05) is 0 Å². The van der Waals surface area contributed by atoms with Crippen molar-refractivity contribution < 1.29 is 0 Å². The number of hydrogen-bond acceptors (Lipinski definition) is 1. The van der Waals surface area contributed by atoms with Gasteiger partial charge in [-0.3, -0.25) is 4.68 Å². The first-order valence-electron chi connectivity index (χ1n) is 7.26. The average Bonchev–Trinajstić information content (AvgIpc) is 2.79. The second-order valence-electron chi connectivity index (χ2n) is 5.41. The van der Waals surface area contributed by atoms with Crippen LogP contribution in [-0.2, 0) is 6.42 Å². The number of nitrogens with zero attached hydrogens (tertiary/aromatic N) is 2. The Labute approximate surface area is 117 Å². The summed E-state index contributed by atoms with van der Waals surface area (Å²) in [6, 6.07) is 2.70. The molecule has 2 nitrogen and oxygen atoms in total. The Hall–Kier alpha value is -0.500. The van der Waals surface area contributed by atoms with Crippen LogP contribution in [0.15, 0.2) is 12.3 Å². The second-order valence-corrected chi connectivity index (χ2v) is 5.97. The van der Waals surface area contributed by atoms with Gasteiger partial charge in [0.15, 0.2) is 0 Å². The Bertz CT molecular complexity index is 329. The maximum atomic E-state index is 6.26. The van der Waals surface area contributed by atoms with Crippen molar-refractivity contribution in [1.29, 1.82) is 0 Å². The summed E-state index contributed by atoms with van der Waals surface area (Å²) in [4.78, 5) is 0. The van der Waals surface area contributed by atoms with Gasteiger partial charge in [0.25, 0.3) is 0 Å². The molecule has 0 aliphatic rings. The fraction of sp³-hybridized carbons (Fsp3) is 0.800. The van der Waals surface area contributed by atoms with Gasteiger partial charge in [-0.15, -0.1) is 11.6 Å². The SMILES string of the molecule is CCC(CC)n1ccc(CCCC(Cl)C(C)C)n1. The molecule has 0 saturated carbocycles. The molecule has 104 valence electrons. The molecule has 0 radical (unpaired) electrons. The van der Waals surface area contributed by atoms with Gasteiger partial charge in [-0.1, -0.05) is 27.7 Å². The lowest BCUT2D eigenvalue weighted by molar-refractivity contribution is 0.424. The van der Waals surface area contributed by atoms with Gasteiger partial charge in [-0.05, 0) is 44.1 Å². The van der Waals surface area contributed by atoms with Gasteiger partial charge in [-0.25, -0.2) is 0 Å². The third-order valence-electron chi connectivity index (χ3n) is 3.62. The van der Waals surface area contributed by atoms with Crippen molar-refractivity contribution in [3.63, 3.8) is 0 Å². The van der Waals surface area contributed by atoms with Crippen LogP contribution >= 0.6 is 11.6 Å².